The van der Waals surface area contributed by atoms with Crippen molar-refractivity contribution in [3.05, 3.63) is 52.3 Å². The fourth-order valence-electron chi connectivity index (χ4n) is 3.63. The third kappa shape index (κ3) is 4.96. The molecule has 0 unspecified atom stereocenters. The maximum absolute atomic E-state index is 13.5. The summed E-state index contributed by atoms with van der Waals surface area (Å²) >= 11 is 6.00. The highest BCUT2D eigenvalue weighted by molar-refractivity contribution is 6.30. The molecule has 0 bridgehead atoms. The Labute approximate surface area is 192 Å². The molecule has 1 aromatic heterocycles. The van der Waals surface area contributed by atoms with Crippen molar-refractivity contribution in [2.75, 3.05) is 13.2 Å². The number of nitrogens with zero attached hydrogens (tertiary/aromatic N) is 3. The molecule has 2 amide bonds. The second kappa shape index (κ2) is 9.73. The first-order chi connectivity index (χ1) is 15.2. The Hall–Kier alpha value is -2.87. The zero-order valence-electron chi connectivity index (χ0n) is 18.9. The number of nitrogens with one attached hydrogen (secondary N) is 1. The van der Waals surface area contributed by atoms with Crippen LogP contribution in [0.1, 0.15) is 60.7 Å². The number of fused-ring (bicyclic) bond motifs is 1. The van der Waals surface area contributed by atoms with Crippen LogP contribution >= 0.6 is 11.6 Å². The van der Waals surface area contributed by atoms with Crippen LogP contribution < -0.4 is 5.32 Å². The Balaban J connectivity index is 1.96. The summed E-state index contributed by atoms with van der Waals surface area (Å²) in [6, 6.07) is 8.56. The van der Waals surface area contributed by atoms with E-state index in [4.69, 9.17) is 16.3 Å². The lowest BCUT2D eigenvalue weighted by Gasteiger charge is -2.43. The molecular formula is C23H29ClN4O4. The molecule has 0 saturated carbocycles. The summed E-state index contributed by atoms with van der Waals surface area (Å²) in [7, 11) is 0. The van der Waals surface area contributed by atoms with Crippen molar-refractivity contribution in [1.82, 2.24) is 20.0 Å². The van der Waals surface area contributed by atoms with Crippen LogP contribution in [0.5, 0.6) is 0 Å². The lowest BCUT2D eigenvalue weighted by Crippen LogP contribution is -2.63. The zero-order valence-corrected chi connectivity index (χ0v) is 19.6. The molecule has 3 rings (SSSR count). The van der Waals surface area contributed by atoms with Gasteiger partial charge in [-0.2, -0.15) is 5.10 Å². The van der Waals surface area contributed by atoms with Crippen molar-refractivity contribution in [2.24, 2.45) is 5.92 Å². The van der Waals surface area contributed by atoms with E-state index in [9.17, 15) is 14.4 Å². The van der Waals surface area contributed by atoms with E-state index in [1.807, 2.05) is 12.1 Å². The molecule has 1 aliphatic heterocycles. The molecule has 1 aromatic carbocycles. The molecule has 2 heterocycles. The van der Waals surface area contributed by atoms with Gasteiger partial charge in [-0.1, -0.05) is 37.6 Å². The average Bonchev–Trinajstić information content (AvgIpc) is 3.16. The third-order valence-corrected chi connectivity index (χ3v) is 5.78. The first-order valence-corrected chi connectivity index (χ1v) is 11.1. The quantitative estimate of drug-likeness (QED) is 0.610. The summed E-state index contributed by atoms with van der Waals surface area (Å²) in [6.07, 6.45) is 0.826. The predicted octanol–water partition coefficient (Wildman–Crippen LogP) is 3.29. The number of amides is 2. The van der Waals surface area contributed by atoms with Gasteiger partial charge in [0.15, 0.2) is 5.69 Å². The molecule has 0 radical (unpaired) electrons. The highest BCUT2D eigenvalue weighted by Gasteiger charge is 2.48. The van der Waals surface area contributed by atoms with Gasteiger partial charge in [0.05, 0.1) is 13.2 Å². The highest BCUT2D eigenvalue weighted by Crippen LogP contribution is 2.30. The Morgan fingerprint density at radius 2 is 1.97 bits per heavy atom. The maximum atomic E-state index is 13.5. The number of hydrogen-bond donors (Lipinski definition) is 1. The predicted molar refractivity (Wildman–Crippen MR) is 120 cm³/mol. The largest absolute Gasteiger partial charge is 0.461 e. The fourth-order valence-corrected chi connectivity index (χ4v) is 3.76. The van der Waals surface area contributed by atoms with E-state index in [1.165, 1.54) is 15.6 Å². The summed E-state index contributed by atoms with van der Waals surface area (Å²) in [5.74, 6) is -0.810. The Kier molecular flexibility index (Phi) is 7.23. The molecule has 0 aliphatic carbocycles. The van der Waals surface area contributed by atoms with E-state index in [1.54, 1.807) is 26.0 Å². The second-order valence-corrected chi connectivity index (χ2v) is 8.96. The Bertz CT molecular complexity index is 1000. The number of ether oxygens (including phenoxy) is 1. The van der Waals surface area contributed by atoms with Crippen LogP contribution in [0.15, 0.2) is 30.3 Å². The SMILES string of the molecule is CCOC(=O)c1cc2n(n1)C[C@@](C)(C(=O)NCCC(C)C)N(Cc1ccc(Cl)cc1)C2=O. The molecule has 9 heteroatoms. The Morgan fingerprint density at radius 1 is 1.28 bits per heavy atom. The van der Waals surface area contributed by atoms with Gasteiger partial charge >= 0.3 is 5.97 Å². The topological polar surface area (TPSA) is 93.5 Å². The number of aromatic nitrogens is 2. The van der Waals surface area contributed by atoms with Crippen molar-refractivity contribution in [3.8, 4) is 0 Å². The highest BCUT2D eigenvalue weighted by atomic mass is 35.5. The molecule has 0 fully saturated rings. The minimum absolute atomic E-state index is 0.0473. The minimum atomic E-state index is -1.20. The number of halogens is 1. The zero-order chi connectivity index (χ0) is 23.5. The van der Waals surface area contributed by atoms with Gasteiger partial charge in [-0.15, -0.1) is 0 Å². The van der Waals surface area contributed by atoms with E-state index in [0.29, 0.717) is 17.5 Å². The van der Waals surface area contributed by atoms with Crippen molar-refractivity contribution >= 4 is 29.4 Å². The molecule has 1 atom stereocenters. The normalized spacial score (nSPS) is 17.9. The van der Waals surface area contributed by atoms with Gasteiger partial charge in [0.2, 0.25) is 5.91 Å². The Morgan fingerprint density at radius 3 is 2.59 bits per heavy atom. The molecule has 1 aliphatic rings. The second-order valence-electron chi connectivity index (χ2n) is 8.52. The van der Waals surface area contributed by atoms with E-state index < -0.39 is 11.5 Å². The van der Waals surface area contributed by atoms with Crippen LogP contribution in [0, 0.1) is 5.92 Å². The average molecular weight is 461 g/mol. The first-order valence-electron chi connectivity index (χ1n) is 10.8. The molecule has 32 heavy (non-hydrogen) atoms. The van der Waals surface area contributed by atoms with Crippen LogP contribution in [0.4, 0.5) is 0 Å². The molecule has 8 nitrogen and oxygen atoms in total. The lowest BCUT2D eigenvalue weighted by molar-refractivity contribution is -0.133. The maximum Gasteiger partial charge on any atom is 0.358 e. The van der Waals surface area contributed by atoms with E-state index >= 15 is 0 Å². The van der Waals surface area contributed by atoms with E-state index in [0.717, 1.165) is 12.0 Å². The van der Waals surface area contributed by atoms with Crippen molar-refractivity contribution in [2.45, 2.75) is 52.7 Å². The lowest BCUT2D eigenvalue weighted by atomic mass is 9.94. The van der Waals surface area contributed by atoms with Crippen LogP contribution in [-0.4, -0.2) is 51.2 Å². The fraction of sp³-hybridized carbons (Fsp3) is 0.478. The summed E-state index contributed by atoms with van der Waals surface area (Å²) in [4.78, 5) is 40.5. The molecule has 1 N–H and O–H groups in total. The van der Waals surface area contributed by atoms with Gasteiger partial charge in [-0.3, -0.25) is 14.3 Å². The van der Waals surface area contributed by atoms with E-state index in [2.05, 4.69) is 24.3 Å². The van der Waals surface area contributed by atoms with Gasteiger partial charge in [-0.05, 0) is 43.9 Å². The molecule has 0 spiro atoms. The van der Waals surface area contributed by atoms with Crippen LogP contribution in [0.25, 0.3) is 0 Å². The third-order valence-electron chi connectivity index (χ3n) is 5.53. The van der Waals surface area contributed by atoms with Gasteiger partial charge < -0.3 is 15.0 Å². The van der Waals surface area contributed by atoms with Crippen LogP contribution in [-0.2, 0) is 22.6 Å². The number of carbonyl (C=O) groups excluding carboxylic acids is 3. The summed E-state index contributed by atoms with van der Waals surface area (Å²) < 4.78 is 6.44. The molecule has 2 aromatic rings. The van der Waals surface area contributed by atoms with E-state index in [-0.39, 0.29) is 42.9 Å². The number of esters is 1. The van der Waals surface area contributed by atoms with Gasteiger partial charge in [-0.25, -0.2) is 4.79 Å². The first kappa shape index (κ1) is 23.8. The van der Waals surface area contributed by atoms with Gasteiger partial charge in [0.25, 0.3) is 5.91 Å². The summed E-state index contributed by atoms with van der Waals surface area (Å²) in [6.45, 7) is 8.63. The molecular weight excluding hydrogens is 432 g/mol. The summed E-state index contributed by atoms with van der Waals surface area (Å²) in [5, 5.41) is 7.81. The van der Waals surface area contributed by atoms with Crippen LogP contribution in [0.2, 0.25) is 5.02 Å². The van der Waals surface area contributed by atoms with Crippen molar-refractivity contribution in [1.29, 1.82) is 0 Å². The van der Waals surface area contributed by atoms with Gasteiger partial charge in [0.1, 0.15) is 11.2 Å². The smallest absolute Gasteiger partial charge is 0.358 e. The summed E-state index contributed by atoms with van der Waals surface area (Å²) in [5.41, 5.74) is -0.0679. The van der Waals surface area contributed by atoms with Crippen molar-refractivity contribution in [3.63, 3.8) is 0 Å². The standard InChI is InChI=1S/C23H29ClN4O4/c1-5-32-21(30)18-12-19-20(29)27(13-16-6-8-17(24)9-7-16)23(4,14-28(19)26-18)22(31)25-11-10-15(2)3/h6-9,12,15H,5,10-11,13-14H2,1-4H3,(H,25,31)/t23-/m0/s1. The van der Waals surface area contributed by atoms with Gasteiger partial charge in [0, 0.05) is 24.2 Å². The number of hydrogen-bond acceptors (Lipinski definition) is 5. The van der Waals surface area contributed by atoms with Crippen LogP contribution in [0.3, 0.4) is 0 Å². The minimum Gasteiger partial charge on any atom is -0.461 e. The van der Waals surface area contributed by atoms with Crippen molar-refractivity contribution < 1.29 is 19.1 Å². The molecule has 0 saturated heterocycles. The number of rotatable bonds is 8. The molecule has 172 valence electrons. The number of benzene rings is 1. The monoisotopic (exact) mass is 460 g/mol. The number of carbonyl (C=O) groups is 3.